The lowest BCUT2D eigenvalue weighted by molar-refractivity contribution is -0.147. The molecule has 1 N–H and O–H groups in total. The Morgan fingerprint density at radius 3 is 2.51 bits per heavy atom. The van der Waals surface area contributed by atoms with E-state index < -0.39 is 24.5 Å². The van der Waals surface area contributed by atoms with Crippen LogP contribution in [-0.4, -0.2) is 42.7 Å². The van der Waals surface area contributed by atoms with E-state index in [1.165, 1.54) is 26.2 Å². The summed E-state index contributed by atoms with van der Waals surface area (Å²) in [7, 11) is 1.18. The number of amides is 1. The lowest BCUT2D eigenvalue weighted by atomic mass is 9.93. The van der Waals surface area contributed by atoms with E-state index in [4.69, 9.17) is 21.1 Å². The van der Waals surface area contributed by atoms with Crippen LogP contribution < -0.4 is 14.8 Å². The van der Waals surface area contributed by atoms with Crippen LogP contribution in [0.4, 0.5) is 13.2 Å². The van der Waals surface area contributed by atoms with Gasteiger partial charge in [0, 0.05) is 34.3 Å². The third kappa shape index (κ3) is 6.21. The Morgan fingerprint density at radius 1 is 1.18 bits per heavy atom. The Balaban J connectivity index is 1.80. The molecule has 11 heteroatoms. The summed E-state index contributed by atoms with van der Waals surface area (Å²) in [6, 6.07) is 7.20. The molecule has 7 nitrogen and oxygen atoms in total. The Kier molecular flexibility index (Phi) is 8.84. The normalized spacial score (nSPS) is 14.2. The molecule has 1 atom stereocenters. The molecule has 3 aromatic rings. The number of carbonyl (C=O) groups excluding carboxylic acids is 2. The number of fused-ring (bicyclic) bond motifs is 1. The standard InChI is InChI=1S/C28H28ClF3N2O5/c1-4-21-18(12-15-8-9-16(13-19(15)29)26(35)33-17-6-5-7-17)25(39-28(31)32)23-22(38-14(2)27(36)37-3)11-10-20(30)24(23)34-21/h8-11,13-14,17,28H,4-7,12H2,1-3H3,(H,33,35)/t14-/m0/s1. The van der Waals surface area contributed by atoms with Crippen LogP contribution in [0.25, 0.3) is 10.9 Å². The third-order valence-corrected chi connectivity index (χ3v) is 7.04. The van der Waals surface area contributed by atoms with Crippen LogP contribution in [0.3, 0.4) is 0 Å². The number of ether oxygens (including phenoxy) is 3. The van der Waals surface area contributed by atoms with Gasteiger partial charge in [0.15, 0.2) is 6.10 Å². The smallest absolute Gasteiger partial charge is 0.387 e. The van der Waals surface area contributed by atoms with Gasteiger partial charge in [0.2, 0.25) is 0 Å². The molecule has 39 heavy (non-hydrogen) atoms. The van der Waals surface area contributed by atoms with Crippen molar-refractivity contribution in [2.24, 2.45) is 0 Å². The highest BCUT2D eigenvalue weighted by Gasteiger charge is 2.27. The SMILES string of the molecule is CCc1nc2c(F)ccc(O[C@@H](C)C(=O)OC)c2c(OC(F)F)c1Cc1ccc(C(=O)NC2CCC2)cc1Cl. The summed E-state index contributed by atoms with van der Waals surface area (Å²) in [5.74, 6) is -2.14. The molecule has 0 spiro atoms. The molecule has 1 saturated carbocycles. The van der Waals surface area contributed by atoms with Crippen molar-refractivity contribution < 1.29 is 37.0 Å². The molecule has 1 amide bonds. The number of aryl methyl sites for hydroxylation is 1. The predicted octanol–water partition coefficient (Wildman–Crippen LogP) is 6.00. The van der Waals surface area contributed by atoms with Crippen LogP contribution in [0.15, 0.2) is 30.3 Å². The molecule has 0 aliphatic heterocycles. The zero-order valence-corrected chi connectivity index (χ0v) is 22.4. The van der Waals surface area contributed by atoms with E-state index in [0.29, 0.717) is 16.8 Å². The molecule has 1 aliphatic rings. The van der Waals surface area contributed by atoms with Crippen molar-refractivity contribution in [2.75, 3.05) is 7.11 Å². The lowest BCUT2D eigenvalue weighted by Gasteiger charge is -2.26. The predicted molar refractivity (Wildman–Crippen MR) is 139 cm³/mol. The maximum atomic E-state index is 14.9. The summed E-state index contributed by atoms with van der Waals surface area (Å²) in [6.45, 7) is -0.0933. The number of methoxy groups -OCH3 is 1. The number of carbonyl (C=O) groups is 2. The van der Waals surface area contributed by atoms with Gasteiger partial charge >= 0.3 is 12.6 Å². The number of nitrogens with one attached hydrogen (secondary N) is 1. The van der Waals surface area contributed by atoms with E-state index in [1.54, 1.807) is 19.1 Å². The fourth-order valence-corrected chi connectivity index (χ4v) is 4.65. The molecular weight excluding hydrogens is 537 g/mol. The number of alkyl halides is 2. The molecule has 1 heterocycles. The fourth-order valence-electron chi connectivity index (χ4n) is 4.40. The van der Waals surface area contributed by atoms with E-state index in [1.807, 2.05) is 0 Å². The van der Waals surface area contributed by atoms with Gasteiger partial charge in [-0.05, 0) is 62.4 Å². The summed E-state index contributed by atoms with van der Waals surface area (Å²) in [4.78, 5) is 28.9. The van der Waals surface area contributed by atoms with Gasteiger partial charge in [-0.1, -0.05) is 24.6 Å². The Hall–Kier alpha value is -3.53. The van der Waals surface area contributed by atoms with E-state index in [9.17, 15) is 22.8 Å². The number of aromatic nitrogens is 1. The third-order valence-electron chi connectivity index (χ3n) is 6.69. The highest BCUT2D eigenvalue weighted by Crippen LogP contribution is 2.41. The summed E-state index contributed by atoms with van der Waals surface area (Å²) in [5.41, 5.74) is 1.23. The molecule has 1 aliphatic carbocycles. The lowest BCUT2D eigenvalue weighted by Crippen LogP contribution is -2.39. The Bertz CT molecular complexity index is 1400. The largest absolute Gasteiger partial charge is 0.478 e. The maximum Gasteiger partial charge on any atom is 0.387 e. The molecular formula is C28H28ClF3N2O5. The van der Waals surface area contributed by atoms with Crippen LogP contribution in [0, 0.1) is 5.82 Å². The number of nitrogens with zero attached hydrogens (tertiary/aromatic N) is 1. The van der Waals surface area contributed by atoms with Gasteiger partial charge in [0.25, 0.3) is 5.91 Å². The van der Waals surface area contributed by atoms with Crippen molar-refractivity contribution in [3.05, 3.63) is 63.6 Å². The summed E-state index contributed by atoms with van der Waals surface area (Å²) in [5, 5.41) is 3.04. The highest BCUT2D eigenvalue weighted by molar-refractivity contribution is 6.31. The van der Waals surface area contributed by atoms with Crippen LogP contribution in [-0.2, 0) is 22.4 Å². The van der Waals surface area contributed by atoms with Gasteiger partial charge in [0.05, 0.1) is 12.5 Å². The van der Waals surface area contributed by atoms with Crippen molar-refractivity contribution in [2.45, 2.75) is 64.7 Å². The van der Waals surface area contributed by atoms with Crippen molar-refractivity contribution in [3.63, 3.8) is 0 Å². The van der Waals surface area contributed by atoms with Crippen molar-refractivity contribution in [1.82, 2.24) is 10.3 Å². The molecule has 1 fully saturated rings. The van der Waals surface area contributed by atoms with Gasteiger partial charge in [0.1, 0.15) is 22.8 Å². The quantitative estimate of drug-likeness (QED) is 0.304. The van der Waals surface area contributed by atoms with E-state index >= 15 is 0 Å². The van der Waals surface area contributed by atoms with Crippen LogP contribution in [0.1, 0.15) is 60.3 Å². The monoisotopic (exact) mass is 564 g/mol. The van der Waals surface area contributed by atoms with Crippen molar-refractivity contribution >= 4 is 34.4 Å². The number of benzene rings is 2. The molecule has 0 radical (unpaired) electrons. The minimum Gasteiger partial charge on any atom is -0.478 e. The molecule has 1 aromatic heterocycles. The Morgan fingerprint density at radius 2 is 1.92 bits per heavy atom. The van der Waals surface area contributed by atoms with Gasteiger partial charge < -0.3 is 19.5 Å². The van der Waals surface area contributed by atoms with Crippen molar-refractivity contribution in [1.29, 1.82) is 0 Å². The number of pyridine rings is 1. The molecule has 4 rings (SSSR count). The highest BCUT2D eigenvalue weighted by atomic mass is 35.5. The molecule has 0 unspecified atom stereocenters. The van der Waals surface area contributed by atoms with E-state index in [-0.39, 0.29) is 57.8 Å². The first-order valence-electron chi connectivity index (χ1n) is 12.5. The first kappa shape index (κ1) is 28.5. The molecule has 2 aromatic carbocycles. The van der Waals surface area contributed by atoms with E-state index in [0.717, 1.165) is 25.3 Å². The Labute approximate surface area is 228 Å². The number of esters is 1. The number of hydrogen-bond donors (Lipinski definition) is 1. The molecule has 208 valence electrons. The summed E-state index contributed by atoms with van der Waals surface area (Å²) in [6.07, 6.45) is 2.10. The average Bonchev–Trinajstić information content (AvgIpc) is 2.88. The second-order valence-electron chi connectivity index (χ2n) is 9.23. The average molecular weight is 565 g/mol. The van der Waals surface area contributed by atoms with Gasteiger partial charge in [-0.25, -0.2) is 14.2 Å². The summed E-state index contributed by atoms with van der Waals surface area (Å²) >= 11 is 6.53. The van der Waals surface area contributed by atoms with Gasteiger partial charge in [-0.15, -0.1) is 0 Å². The van der Waals surface area contributed by atoms with Crippen LogP contribution >= 0.6 is 11.6 Å². The first-order valence-corrected chi connectivity index (χ1v) is 12.9. The topological polar surface area (TPSA) is 86.8 Å². The zero-order chi connectivity index (χ0) is 28.3. The second-order valence-corrected chi connectivity index (χ2v) is 9.64. The number of hydrogen-bond acceptors (Lipinski definition) is 6. The minimum absolute atomic E-state index is 0.0000324. The molecule has 0 bridgehead atoms. The maximum absolute atomic E-state index is 14.9. The van der Waals surface area contributed by atoms with Gasteiger partial charge in [-0.3, -0.25) is 4.79 Å². The summed E-state index contributed by atoms with van der Waals surface area (Å²) < 4.78 is 57.7. The molecule has 0 saturated heterocycles. The first-order chi connectivity index (χ1) is 18.6. The zero-order valence-electron chi connectivity index (χ0n) is 21.7. The number of halogens is 4. The fraction of sp³-hybridized carbons (Fsp3) is 0.393. The minimum atomic E-state index is -3.25. The van der Waals surface area contributed by atoms with Crippen molar-refractivity contribution in [3.8, 4) is 11.5 Å². The number of rotatable bonds is 10. The van der Waals surface area contributed by atoms with Crippen LogP contribution in [0.5, 0.6) is 11.5 Å². The van der Waals surface area contributed by atoms with Gasteiger partial charge in [-0.2, -0.15) is 8.78 Å². The van der Waals surface area contributed by atoms with Crippen LogP contribution in [0.2, 0.25) is 5.02 Å². The second kappa shape index (κ2) is 12.1. The van der Waals surface area contributed by atoms with E-state index in [2.05, 4.69) is 15.0 Å².